The number of hydrogen-bond donors (Lipinski definition) is 2. The van der Waals surface area contributed by atoms with Crippen molar-refractivity contribution in [2.24, 2.45) is 0 Å². The Morgan fingerprint density at radius 1 is 1.20 bits per heavy atom. The first kappa shape index (κ1) is 18.4. The molecule has 2 rings (SSSR count). The molecular formula is C18H18N2O4S. The van der Waals surface area contributed by atoms with Gasteiger partial charge in [-0.2, -0.15) is 0 Å². The molecule has 2 N–H and O–H groups in total. The summed E-state index contributed by atoms with van der Waals surface area (Å²) in [5, 5.41) is 5.54. The van der Waals surface area contributed by atoms with E-state index >= 15 is 0 Å². The van der Waals surface area contributed by atoms with Crippen molar-refractivity contribution in [1.82, 2.24) is 5.32 Å². The van der Waals surface area contributed by atoms with Crippen LogP contribution in [-0.2, 0) is 9.53 Å². The zero-order chi connectivity index (χ0) is 18.2. The lowest BCUT2D eigenvalue weighted by molar-refractivity contribution is -0.115. The van der Waals surface area contributed by atoms with E-state index in [1.54, 1.807) is 43.3 Å². The molecule has 0 saturated carbocycles. The molecule has 2 aromatic rings. The summed E-state index contributed by atoms with van der Waals surface area (Å²) in [7, 11) is 0. The van der Waals surface area contributed by atoms with Gasteiger partial charge in [-0.1, -0.05) is 0 Å². The average molecular weight is 358 g/mol. The highest BCUT2D eigenvalue weighted by Gasteiger charge is 2.07. The molecular weight excluding hydrogens is 340 g/mol. The number of hydrogen-bond acceptors (Lipinski definition) is 5. The Kier molecular flexibility index (Phi) is 6.47. The molecule has 1 aromatic heterocycles. The summed E-state index contributed by atoms with van der Waals surface area (Å²) in [5.74, 6) is 0.586. The van der Waals surface area contributed by atoms with Gasteiger partial charge in [0.05, 0.1) is 12.2 Å². The van der Waals surface area contributed by atoms with E-state index < -0.39 is 0 Å². The Balaban J connectivity index is 1.86. The molecule has 0 aliphatic heterocycles. The fourth-order valence-corrected chi connectivity index (χ4v) is 2.14. The van der Waals surface area contributed by atoms with Crippen molar-refractivity contribution in [2.45, 2.75) is 13.8 Å². The molecule has 0 bridgehead atoms. The number of thiocarbonyl (C=S) groups is 1. The van der Waals surface area contributed by atoms with E-state index in [-0.39, 0.29) is 17.0 Å². The van der Waals surface area contributed by atoms with E-state index in [2.05, 4.69) is 10.6 Å². The van der Waals surface area contributed by atoms with Crippen LogP contribution in [0.5, 0.6) is 0 Å². The molecule has 1 amide bonds. The van der Waals surface area contributed by atoms with Gasteiger partial charge in [0.25, 0.3) is 0 Å². The summed E-state index contributed by atoms with van der Waals surface area (Å²) in [6.07, 6.45) is 2.88. The van der Waals surface area contributed by atoms with Gasteiger partial charge in [-0.25, -0.2) is 4.79 Å². The Labute approximate surface area is 150 Å². The minimum atomic E-state index is -0.386. The molecule has 0 unspecified atom stereocenters. The lowest BCUT2D eigenvalue weighted by Gasteiger charge is -2.08. The van der Waals surface area contributed by atoms with Gasteiger partial charge in [0.1, 0.15) is 11.5 Å². The highest BCUT2D eigenvalue weighted by Crippen LogP contribution is 2.11. The van der Waals surface area contributed by atoms with Crippen molar-refractivity contribution in [3.63, 3.8) is 0 Å². The van der Waals surface area contributed by atoms with Gasteiger partial charge in [0, 0.05) is 11.8 Å². The summed E-state index contributed by atoms with van der Waals surface area (Å²) < 4.78 is 10.2. The fourth-order valence-electron chi connectivity index (χ4n) is 1.92. The second kappa shape index (κ2) is 8.79. The number of anilines is 1. The average Bonchev–Trinajstić information content (AvgIpc) is 2.99. The highest BCUT2D eigenvalue weighted by atomic mass is 32.1. The summed E-state index contributed by atoms with van der Waals surface area (Å²) in [6, 6.07) is 10.1. The molecule has 6 nitrogen and oxygen atoms in total. The molecule has 0 radical (unpaired) electrons. The molecule has 25 heavy (non-hydrogen) atoms. The first-order chi connectivity index (χ1) is 12.0. The van der Waals surface area contributed by atoms with E-state index in [0.29, 0.717) is 23.6 Å². The van der Waals surface area contributed by atoms with Crippen molar-refractivity contribution in [3.05, 3.63) is 59.6 Å². The maximum atomic E-state index is 11.8. The quantitative estimate of drug-likeness (QED) is 0.485. The topological polar surface area (TPSA) is 80.6 Å². The van der Waals surface area contributed by atoms with Crippen molar-refractivity contribution in [2.75, 3.05) is 11.9 Å². The highest BCUT2D eigenvalue weighted by molar-refractivity contribution is 7.80. The number of nitrogens with one attached hydrogen (secondary N) is 2. The second-order valence-electron chi connectivity index (χ2n) is 5.02. The molecule has 1 heterocycles. The third kappa shape index (κ3) is 5.89. The first-order valence-corrected chi connectivity index (χ1v) is 8.02. The van der Waals surface area contributed by atoms with Crippen LogP contribution in [-0.4, -0.2) is 23.6 Å². The van der Waals surface area contributed by atoms with Crippen LogP contribution in [0.3, 0.4) is 0 Å². The monoisotopic (exact) mass is 358 g/mol. The summed E-state index contributed by atoms with van der Waals surface area (Å²) in [5.41, 5.74) is 1.09. The Morgan fingerprint density at radius 3 is 2.52 bits per heavy atom. The van der Waals surface area contributed by atoms with E-state index in [1.807, 2.05) is 13.0 Å². The zero-order valence-electron chi connectivity index (χ0n) is 13.9. The first-order valence-electron chi connectivity index (χ1n) is 7.61. The number of rotatable bonds is 5. The molecule has 0 aliphatic rings. The SMILES string of the molecule is CCOC(=O)c1ccc(NC(=S)NC(=O)/C=C/c2ccc(C)o2)cc1. The number of aryl methyl sites for hydroxylation is 1. The number of carbonyl (C=O) groups excluding carboxylic acids is 2. The number of furan rings is 1. The van der Waals surface area contributed by atoms with Gasteiger partial charge >= 0.3 is 5.97 Å². The van der Waals surface area contributed by atoms with Crippen molar-refractivity contribution in [3.8, 4) is 0 Å². The van der Waals surface area contributed by atoms with Crippen LogP contribution >= 0.6 is 12.2 Å². The van der Waals surface area contributed by atoms with E-state index in [0.717, 1.165) is 5.76 Å². The molecule has 0 aliphatic carbocycles. The predicted molar refractivity (Wildman–Crippen MR) is 99.2 cm³/mol. The minimum absolute atomic E-state index is 0.147. The van der Waals surface area contributed by atoms with Crippen molar-refractivity contribution in [1.29, 1.82) is 0 Å². The lowest BCUT2D eigenvalue weighted by Crippen LogP contribution is -2.32. The van der Waals surface area contributed by atoms with Crippen LogP contribution in [0.1, 0.15) is 28.8 Å². The standard InChI is InChI=1S/C18H18N2O4S/c1-3-23-17(22)13-5-7-14(8-6-13)19-18(25)20-16(21)11-10-15-9-4-12(2)24-15/h4-11H,3H2,1-2H3,(H2,19,20,21,25)/b11-10+. The fraction of sp³-hybridized carbons (Fsp3) is 0.167. The Hall–Kier alpha value is -2.93. The molecule has 0 saturated heterocycles. The molecule has 7 heteroatoms. The Bertz CT molecular complexity index is 794. The van der Waals surface area contributed by atoms with Crippen molar-refractivity contribution >= 4 is 41.0 Å². The lowest BCUT2D eigenvalue weighted by atomic mass is 10.2. The van der Waals surface area contributed by atoms with Crippen LogP contribution < -0.4 is 10.6 Å². The predicted octanol–water partition coefficient (Wildman–Crippen LogP) is 3.29. The molecule has 0 spiro atoms. The third-order valence-electron chi connectivity index (χ3n) is 3.05. The zero-order valence-corrected chi connectivity index (χ0v) is 14.7. The summed E-state index contributed by atoms with van der Waals surface area (Å²) >= 11 is 5.08. The third-order valence-corrected chi connectivity index (χ3v) is 3.25. The van der Waals surface area contributed by atoms with E-state index in [1.165, 1.54) is 6.08 Å². The summed E-state index contributed by atoms with van der Waals surface area (Å²) in [6.45, 7) is 3.89. The maximum absolute atomic E-state index is 11.8. The van der Waals surface area contributed by atoms with Gasteiger partial charge in [-0.3, -0.25) is 10.1 Å². The summed E-state index contributed by atoms with van der Waals surface area (Å²) in [4.78, 5) is 23.4. The normalized spacial score (nSPS) is 10.5. The van der Waals surface area contributed by atoms with Crippen LogP contribution in [0.4, 0.5) is 5.69 Å². The van der Waals surface area contributed by atoms with Gasteiger partial charge in [0.15, 0.2) is 5.11 Å². The molecule has 130 valence electrons. The van der Waals surface area contributed by atoms with E-state index in [4.69, 9.17) is 21.4 Å². The van der Waals surface area contributed by atoms with Gasteiger partial charge in [0.2, 0.25) is 5.91 Å². The smallest absolute Gasteiger partial charge is 0.338 e. The molecule has 1 aromatic carbocycles. The number of amides is 1. The minimum Gasteiger partial charge on any atom is -0.462 e. The number of benzene rings is 1. The van der Waals surface area contributed by atoms with Gasteiger partial charge in [-0.15, -0.1) is 0 Å². The Morgan fingerprint density at radius 2 is 1.92 bits per heavy atom. The largest absolute Gasteiger partial charge is 0.462 e. The van der Waals surface area contributed by atoms with Crippen LogP contribution in [0.25, 0.3) is 6.08 Å². The van der Waals surface area contributed by atoms with Crippen molar-refractivity contribution < 1.29 is 18.7 Å². The second-order valence-corrected chi connectivity index (χ2v) is 5.43. The van der Waals surface area contributed by atoms with Gasteiger partial charge < -0.3 is 14.5 Å². The molecule has 0 atom stereocenters. The van der Waals surface area contributed by atoms with Crippen LogP contribution in [0.15, 0.2) is 46.9 Å². The molecule has 0 fully saturated rings. The number of ether oxygens (including phenoxy) is 1. The number of carbonyl (C=O) groups is 2. The number of esters is 1. The van der Waals surface area contributed by atoms with E-state index in [9.17, 15) is 9.59 Å². The van der Waals surface area contributed by atoms with Gasteiger partial charge in [-0.05, 0) is 68.5 Å². The van der Waals surface area contributed by atoms with Crippen LogP contribution in [0.2, 0.25) is 0 Å². The maximum Gasteiger partial charge on any atom is 0.338 e. The van der Waals surface area contributed by atoms with Crippen LogP contribution in [0, 0.1) is 6.92 Å².